The van der Waals surface area contributed by atoms with E-state index >= 15 is 0 Å². The highest BCUT2D eigenvalue weighted by molar-refractivity contribution is 7.89. The van der Waals surface area contributed by atoms with E-state index in [4.69, 9.17) is 16.3 Å². The molecule has 0 saturated carbocycles. The highest BCUT2D eigenvalue weighted by atomic mass is 35.5. The summed E-state index contributed by atoms with van der Waals surface area (Å²) in [7, 11) is -2.25. The number of carbonyl (C=O) groups excluding carboxylic acids is 1. The number of hydrogen-bond acceptors (Lipinski definition) is 4. The topological polar surface area (TPSA) is 75.7 Å². The summed E-state index contributed by atoms with van der Waals surface area (Å²) in [5, 5.41) is 3.38. The van der Waals surface area contributed by atoms with Gasteiger partial charge in [-0.25, -0.2) is 8.42 Å². The van der Waals surface area contributed by atoms with Crippen LogP contribution in [0.5, 0.6) is 5.75 Å². The standard InChI is InChI=1S/C25H27ClN2O4S/c1-3-32-24-14-9-20(25(29)27-16-15-19-7-5-4-6-8-19)17-21(24)18-28(2)33(30,31)23-12-10-22(26)11-13-23/h4-14,17H,3,15-16,18H2,1-2H3,(H,27,29). The van der Waals surface area contributed by atoms with Gasteiger partial charge in [0.1, 0.15) is 5.75 Å². The molecule has 0 bridgehead atoms. The molecule has 0 fully saturated rings. The lowest BCUT2D eigenvalue weighted by Gasteiger charge is -2.20. The van der Waals surface area contributed by atoms with Crippen LogP contribution in [0.25, 0.3) is 0 Å². The van der Waals surface area contributed by atoms with Crippen molar-refractivity contribution in [3.05, 3.63) is 94.5 Å². The van der Waals surface area contributed by atoms with Crippen LogP contribution in [-0.2, 0) is 23.0 Å². The van der Waals surface area contributed by atoms with Crippen LogP contribution in [0.15, 0.2) is 77.7 Å². The minimum atomic E-state index is -3.74. The molecule has 0 heterocycles. The predicted octanol–water partition coefficient (Wildman–Crippen LogP) is 4.53. The Morgan fingerprint density at radius 3 is 2.39 bits per heavy atom. The van der Waals surface area contributed by atoms with Gasteiger partial charge in [0, 0.05) is 36.3 Å². The molecule has 1 N–H and O–H groups in total. The van der Waals surface area contributed by atoms with E-state index in [9.17, 15) is 13.2 Å². The summed E-state index contributed by atoms with van der Waals surface area (Å²) in [5.41, 5.74) is 2.19. The fourth-order valence-corrected chi connectivity index (χ4v) is 4.59. The number of benzene rings is 3. The molecule has 3 rings (SSSR count). The van der Waals surface area contributed by atoms with Crippen LogP contribution in [0.2, 0.25) is 5.02 Å². The first kappa shape index (κ1) is 24.8. The summed E-state index contributed by atoms with van der Waals surface area (Å²) in [5.74, 6) is 0.315. The maximum atomic E-state index is 13.0. The van der Waals surface area contributed by atoms with Crippen LogP contribution in [0.1, 0.15) is 28.4 Å². The third kappa shape index (κ3) is 6.57. The van der Waals surface area contributed by atoms with E-state index < -0.39 is 10.0 Å². The highest BCUT2D eigenvalue weighted by Gasteiger charge is 2.23. The smallest absolute Gasteiger partial charge is 0.251 e. The molecule has 0 aliphatic heterocycles. The minimum Gasteiger partial charge on any atom is -0.494 e. The molecule has 0 aliphatic rings. The molecule has 0 aromatic heterocycles. The van der Waals surface area contributed by atoms with Crippen LogP contribution in [0.4, 0.5) is 0 Å². The Morgan fingerprint density at radius 2 is 1.73 bits per heavy atom. The van der Waals surface area contributed by atoms with Crippen molar-refractivity contribution in [2.24, 2.45) is 0 Å². The predicted molar refractivity (Wildman–Crippen MR) is 130 cm³/mol. The number of nitrogens with one attached hydrogen (secondary N) is 1. The Bertz CT molecular complexity index is 1180. The average Bonchev–Trinajstić information content (AvgIpc) is 2.81. The van der Waals surface area contributed by atoms with E-state index in [1.165, 1.54) is 35.6 Å². The number of sulfonamides is 1. The fraction of sp³-hybridized carbons (Fsp3) is 0.240. The van der Waals surface area contributed by atoms with Crippen molar-refractivity contribution in [3.63, 3.8) is 0 Å². The van der Waals surface area contributed by atoms with Gasteiger partial charge in [-0.2, -0.15) is 4.31 Å². The molecule has 6 nitrogen and oxygen atoms in total. The van der Waals surface area contributed by atoms with Crippen molar-refractivity contribution >= 4 is 27.5 Å². The van der Waals surface area contributed by atoms with Crippen molar-refractivity contribution in [3.8, 4) is 5.75 Å². The number of amides is 1. The van der Waals surface area contributed by atoms with Crippen molar-refractivity contribution in [2.45, 2.75) is 24.8 Å². The van der Waals surface area contributed by atoms with Gasteiger partial charge in [0.05, 0.1) is 11.5 Å². The molecule has 0 atom stereocenters. The van der Waals surface area contributed by atoms with E-state index in [1.807, 2.05) is 37.3 Å². The summed E-state index contributed by atoms with van der Waals surface area (Å²) in [6.07, 6.45) is 0.721. The second-order valence-corrected chi connectivity index (χ2v) is 9.94. The zero-order valence-corrected chi connectivity index (χ0v) is 20.2. The molecule has 3 aromatic rings. The van der Waals surface area contributed by atoms with Crippen molar-refractivity contribution in [2.75, 3.05) is 20.2 Å². The summed E-state index contributed by atoms with van der Waals surface area (Å²) in [6.45, 7) is 2.81. The number of rotatable bonds is 10. The average molecular weight is 487 g/mol. The first-order chi connectivity index (χ1) is 15.8. The van der Waals surface area contributed by atoms with Crippen LogP contribution in [-0.4, -0.2) is 38.8 Å². The molecule has 3 aromatic carbocycles. The van der Waals surface area contributed by atoms with Crippen LogP contribution >= 0.6 is 11.6 Å². The summed E-state index contributed by atoms with van der Waals surface area (Å²) >= 11 is 5.88. The van der Waals surface area contributed by atoms with Gasteiger partial charge >= 0.3 is 0 Å². The fourth-order valence-electron chi connectivity index (χ4n) is 3.32. The largest absolute Gasteiger partial charge is 0.494 e. The van der Waals surface area contributed by atoms with E-state index in [2.05, 4.69) is 5.32 Å². The first-order valence-corrected chi connectivity index (χ1v) is 12.4. The molecular weight excluding hydrogens is 460 g/mol. The SMILES string of the molecule is CCOc1ccc(C(=O)NCCc2ccccc2)cc1CN(C)S(=O)(=O)c1ccc(Cl)cc1. The van der Waals surface area contributed by atoms with E-state index in [0.717, 1.165) is 12.0 Å². The second-order valence-electron chi connectivity index (χ2n) is 7.46. The molecule has 0 radical (unpaired) electrons. The molecule has 8 heteroatoms. The minimum absolute atomic E-state index is 0.0471. The zero-order chi connectivity index (χ0) is 23.8. The van der Waals surface area contributed by atoms with Crippen LogP contribution in [0.3, 0.4) is 0 Å². The van der Waals surface area contributed by atoms with E-state index in [1.54, 1.807) is 18.2 Å². The molecule has 0 saturated heterocycles. The third-order valence-corrected chi connectivity index (χ3v) is 7.15. The monoisotopic (exact) mass is 486 g/mol. The summed E-state index contributed by atoms with van der Waals surface area (Å²) < 4.78 is 32.9. The summed E-state index contributed by atoms with van der Waals surface area (Å²) in [4.78, 5) is 12.8. The molecule has 1 amide bonds. The van der Waals surface area contributed by atoms with Crippen molar-refractivity contribution < 1.29 is 17.9 Å². The Hall–Kier alpha value is -2.87. The molecular formula is C25H27ClN2O4S. The number of ether oxygens (including phenoxy) is 1. The molecule has 174 valence electrons. The Labute approximate surface area is 200 Å². The quantitative estimate of drug-likeness (QED) is 0.456. The maximum absolute atomic E-state index is 13.0. The third-order valence-electron chi connectivity index (χ3n) is 5.08. The van der Waals surface area contributed by atoms with Gasteiger partial charge in [0.25, 0.3) is 5.91 Å². The van der Waals surface area contributed by atoms with Gasteiger partial charge in [-0.1, -0.05) is 41.9 Å². The number of halogens is 1. The van der Waals surface area contributed by atoms with E-state index in [-0.39, 0.29) is 17.3 Å². The lowest BCUT2D eigenvalue weighted by molar-refractivity contribution is 0.0954. The normalized spacial score (nSPS) is 11.4. The highest BCUT2D eigenvalue weighted by Crippen LogP contribution is 2.25. The van der Waals surface area contributed by atoms with Gasteiger partial charge in [-0.05, 0) is 61.4 Å². The number of carbonyl (C=O) groups is 1. The molecule has 0 unspecified atom stereocenters. The van der Waals surface area contributed by atoms with Gasteiger partial charge in [0.15, 0.2) is 0 Å². The van der Waals surface area contributed by atoms with Crippen LogP contribution in [0, 0.1) is 0 Å². The summed E-state index contributed by atoms with van der Waals surface area (Å²) in [6, 6.07) is 21.0. The molecule has 0 spiro atoms. The Kier molecular flexibility index (Phi) is 8.49. The number of nitrogens with zero attached hydrogens (tertiary/aromatic N) is 1. The van der Waals surface area contributed by atoms with Gasteiger partial charge in [-0.3, -0.25) is 4.79 Å². The lowest BCUT2D eigenvalue weighted by Crippen LogP contribution is -2.28. The van der Waals surface area contributed by atoms with E-state index in [0.29, 0.717) is 35.1 Å². The first-order valence-electron chi connectivity index (χ1n) is 10.6. The number of hydrogen-bond donors (Lipinski definition) is 1. The Morgan fingerprint density at radius 1 is 1.03 bits per heavy atom. The second kappa shape index (κ2) is 11.3. The maximum Gasteiger partial charge on any atom is 0.251 e. The van der Waals surface area contributed by atoms with Crippen LogP contribution < -0.4 is 10.1 Å². The van der Waals surface area contributed by atoms with Gasteiger partial charge in [-0.15, -0.1) is 0 Å². The van der Waals surface area contributed by atoms with Crippen molar-refractivity contribution in [1.82, 2.24) is 9.62 Å². The van der Waals surface area contributed by atoms with Crippen molar-refractivity contribution in [1.29, 1.82) is 0 Å². The van der Waals surface area contributed by atoms with Gasteiger partial charge < -0.3 is 10.1 Å². The van der Waals surface area contributed by atoms with Gasteiger partial charge in [0.2, 0.25) is 10.0 Å². The molecule has 33 heavy (non-hydrogen) atoms. The lowest BCUT2D eigenvalue weighted by atomic mass is 10.1. The molecule has 0 aliphatic carbocycles. The zero-order valence-electron chi connectivity index (χ0n) is 18.6. The Balaban J connectivity index is 1.75.